The molecule has 4 nitrogen and oxygen atoms in total. The number of ketones is 1. The standard InChI is InChI=1S/C11H20N2O2/c1-2-10(14)4-3-6-13-7-5-9(8-13)11(12)15/h9H,2-8H2,1H3,(H2,12,15). The molecule has 86 valence electrons. The molecule has 0 spiro atoms. The highest BCUT2D eigenvalue weighted by molar-refractivity contribution is 5.78. The van der Waals surface area contributed by atoms with Gasteiger partial charge in [0.25, 0.3) is 0 Å². The Bertz CT molecular complexity index is 241. The Morgan fingerprint density at radius 3 is 2.73 bits per heavy atom. The van der Waals surface area contributed by atoms with E-state index in [4.69, 9.17) is 5.73 Å². The molecule has 2 N–H and O–H groups in total. The summed E-state index contributed by atoms with van der Waals surface area (Å²) < 4.78 is 0. The lowest BCUT2D eigenvalue weighted by atomic mass is 10.1. The lowest BCUT2D eigenvalue weighted by Crippen LogP contribution is -2.28. The first-order valence-corrected chi connectivity index (χ1v) is 5.66. The molecule has 1 heterocycles. The number of carbonyl (C=O) groups is 2. The zero-order valence-corrected chi connectivity index (χ0v) is 9.37. The van der Waals surface area contributed by atoms with Crippen molar-refractivity contribution in [2.24, 2.45) is 11.7 Å². The summed E-state index contributed by atoms with van der Waals surface area (Å²) in [6.07, 6.45) is 3.06. The van der Waals surface area contributed by atoms with Gasteiger partial charge in [0, 0.05) is 19.4 Å². The summed E-state index contributed by atoms with van der Waals surface area (Å²) in [4.78, 5) is 24.2. The smallest absolute Gasteiger partial charge is 0.221 e. The summed E-state index contributed by atoms with van der Waals surface area (Å²) in [5, 5.41) is 0. The van der Waals surface area contributed by atoms with Gasteiger partial charge in [0.1, 0.15) is 5.78 Å². The quantitative estimate of drug-likeness (QED) is 0.699. The molecule has 0 saturated carbocycles. The van der Waals surface area contributed by atoms with E-state index in [0.717, 1.165) is 32.5 Å². The van der Waals surface area contributed by atoms with Crippen molar-refractivity contribution in [2.75, 3.05) is 19.6 Å². The van der Waals surface area contributed by atoms with Crippen molar-refractivity contribution in [3.63, 3.8) is 0 Å². The fourth-order valence-electron chi connectivity index (χ4n) is 1.94. The van der Waals surface area contributed by atoms with Crippen molar-refractivity contribution >= 4 is 11.7 Å². The lowest BCUT2D eigenvalue weighted by Gasteiger charge is -2.14. The summed E-state index contributed by atoms with van der Waals surface area (Å²) >= 11 is 0. The minimum Gasteiger partial charge on any atom is -0.369 e. The van der Waals surface area contributed by atoms with Gasteiger partial charge in [0.2, 0.25) is 5.91 Å². The second-order valence-corrected chi connectivity index (χ2v) is 4.18. The maximum Gasteiger partial charge on any atom is 0.221 e. The normalized spacial score (nSPS) is 21.8. The molecule has 0 aliphatic carbocycles. The van der Waals surface area contributed by atoms with Gasteiger partial charge in [-0.25, -0.2) is 0 Å². The monoisotopic (exact) mass is 212 g/mol. The SMILES string of the molecule is CCC(=O)CCCN1CCC(C(N)=O)C1. The number of primary amides is 1. The van der Waals surface area contributed by atoms with Crippen molar-refractivity contribution in [3.8, 4) is 0 Å². The van der Waals surface area contributed by atoms with Crippen molar-refractivity contribution in [3.05, 3.63) is 0 Å². The Morgan fingerprint density at radius 1 is 1.47 bits per heavy atom. The molecule has 0 aromatic carbocycles. The van der Waals surface area contributed by atoms with Crippen LogP contribution in [-0.2, 0) is 9.59 Å². The van der Waals surface area contributed by atoms with Crippen LogP contribution in [0.5, 0.6) is 0 Å². The van der Waals surface area contributed by atoms with E-state index in [1.807, 2.05) is 6.92 Å². The molecule has 1 fully saturated rings. The van der Waals surface area contributed by atoms with Gasteiger partial charge in [0.05, 0.1) is 5.92 Å². The van der Waals surface area contributed by atoms with Crippen molar-refractivity contribution < 1.29 is 9.59 Å². The number of rotatable bonds is 6. The van der Waals surface area contributed by atoms with Crippen molar-refractivity contribution in [1.82, 2.24) is 4.90 Å². The fraction of sp³-hybridized carbons (Fsp3) is 0.818. The van der Waals surface area contributed by atoms with Crippen LogP contribution in [0.1, 0.15) is 32.6 Å². The molecule has 0 aromatic heterocycles. The molecule has 4 heteroatoms. The molecular formula is C11H20N2O2. The third-order valence-electron chi connectivity index (χ3n) is 3.00. The molecule has 0 bridgehead atoms. The Hall–Kier alpha value is -0.900. The largest absolute Gasteiger partial charge is 0.369 e. The van der Waals surface area contributed by atoms with Crippen LogP contribution in [0.2, 0.25) is 0 Å². The maximum atomic E-state index is 11.1. The zero-order valence-electron chi connectivity index (χ0n) is 9.37. The Balaban J connectivity index is 2.14. The minimum atomic E-state index is -0.192. The van der Waals surface area contributed by atoms with Gasteiger partial charge < -0.3 is 10.6 Å². The van der Waals surface area contributed by atoms with Crippen LogP contribution in [0.25, 0.3) is 0 Å². The van der Waals surface area contributed by atoms with Crippen LogP contribution in [0, 0.1) is 5.92 Å². The number of Topliss-reactive ketones (excluding diaryl/α,β-unsaturated/α-hetero) is 1. The van der Waals surface area contributed by atoms with E-state index in [-0.39, 0.29) is 11.8 Å². The highest BCUT2D eigenvalue weighted by Gasteiger charge is 2.25. The van der Waals surface area contributed by atoms with Crippen LogP contribution >= 0.6 is 0 Å². The van der Waals surface area contributed by atoms with E-state index in [9.17, 15) is 9.59 Å². The van der Waals surface area contributed by atoms with E-state index in [2.05, 4.69) is 4.90 Å². The van der Waals surface area contributed by atoms with E-state index in [1.165, 1.54) is 0 Å². The van der Waals surface area contributed by atoms with Crippen LogP contribution in [0.4, 0.5) is 0 Å². The van der Waals surface area contributed by atoms with Gasteiger partial charge in [-0.3, -0.25) is 9.59 Å². The maximum absolute atomic E-state index is 11.1. The molecule has 1 atom stereocenters. The average molecular weight is 212 g/mol. The highest BCUT2D eigenvalue weighted by Crippen LogP contribution is 2.15. The first-order chi connectivity index (χ1) is 7.13. The fourth-order valence-corrected chi connectivity index (χ4v) is 1.94. The average Bonchev–Trinajstić information content (AvgIpc) is 2.66. The number of carbonyl (C=O) groups excluding carboxylic acids is 2. The topological polar surface area (TPSA) is 63.4 Å². The molecule has 15 heavy (non-hydrogen) atoms. The number of hydrogen-bond acceptors (Lipinski definition) is 3. The van der Waals surface area contributed by atoms with Crippen LogP contribution in [0.15, 0.2) is 0 Å². The molecule has 1 unspecified atom stereocenters. The summed E-state index contributed by atoms with van der Waals surface area (Å²) in [5.74, 6) is 0.148. The summed E-state index contributed by atoms with van der Waals surface area (Å²) in [7, 11) is 0. The molecule has 0 radical (unpaired) electrons. The molecule has 1 aliphatic heterocycles. The van der Waals surface area contributed by atoms with Crippen molar-refractivity contribution in [2.45, 2.75) is 32.6 Å². The third kappa shape index (κ3) is 4.00. The summed E-state index contributed by atoms with van der Waals surface area (Å²) in [6, 6.07) is 0. The van der Waals surface area contributed by atoms with Gasteiger partial charge in [0.15, 0.2) is 0 Å². The van der Waals surface area contributed by atoms with Gasteiger partial charge in [-0.1, -0.05) is 6.92 Å². The van der Waals surface area contributed by atoms with Gasteiger partial charge in [-0.15, -0.1) is 0 Å². The van der Waals surface area contributed by atoms with Crippen molar-refractivity contribution in [1.29, 1.82) is 0 Å². The van der Waals surface area contributed by atoms with Crippen LogP contribution in [-0.4, -0.2) is 36.2 Å². The molecule has 1 amide bonds. The number of hydrogen-bond donors (Lipinski definition) is 1. The predicted octanol–water partition coefficient (Wildman–Crippen LogP) is 0.553. The summed E-state index contributed by atoms with van der Waals surface area (Å²) in [6.45, 7) is 4.51. The Morgan fingerprint density at radius 2 is 2.20 bits per heavy atom. The van der Waals surface area contributed by atoms with E-state index >= 15 is 0 Å². The molecule has 1 rings (SSSR count). The van der Waals surface area contributed by atoms with Gasteiger partial charge >= 0.3 is 0 Å². The second kappa shape index (κ2) is 5.85. The third-order valence-corrected chi connectivity index (χ3v) is 3.00. The zero-order chi connectivity index (χ0) is 11.3. The number of amides is 1. The number of nitrogens with two attached hydrogens (primary N) is 1. The van der Waals surface area contributed by atoms with Gasteiger partial charge in [-0.05, 0) is 25.9 Å². The molecule has 0 aromatic rings. The van der Waals surface area contributed by atoms with E-state index in [1.54, 1.807) is 0 Å². The van der Waals surface area contributed by atoms with E-state index in [0.29, 0.717) is 18.6 Å². The van der Waals surface area contributed by atoms with Gasteiger partial charge in [-0.2, -0.15) is 0 Å². The molecule has 1 saturated heterocycles. The lowest BCUT2D eigenvalue weighted by molar-refractivity contribution is -0.121. The molecule has 1 aliphatic rings. The number of likely N-dealkylation sites (tertiary alicyclic amines) is 1. The Kier molecular flexibility index (Phi) is 4.75. The van der Waals surface area contributed by atoms with E-state index < -0.39 is 0 Å². The van der Waals surface area contributed by atoms with Crippen LogP contribution < -0.4 is 5.73 Å². The summed E-state index contributed by atoms with van der Waals surface area (Å²) in [5.41, 5.74) is 5.24. The Labute approximate surface area is 90.8 Å². The predicted molar refractivity (Wildman–Crippen MR) is 58.3 cm³/mol. The minimum absolute atomic E-state index is 0.0203. The second-order valence-electron chi connectivity index (χ2n) is 4.18. The highest BCUT2D eigenvalue weighted by atomic mass is 16.1. The first-order valence-electron chi connectivity index (χ1n) is 5.66. The number of nitrogens with zero attached hydrogens (tertiary/aromatic N) is 1. The van der Waals surface area contributed by atoms with Crippen LogP contribution in [0.3, 0.4) is 0 Å². The molecular weight excluding hydrogens is 192 g/mol. The first kappa shape index (κ1) is 12.2.